The summed E-state index contributed by atoms with van der Waals surface area (Å²) in [6.07, 6.45) is 9.14. The van der Waals surface area contributed by atoms with Gasteiger partial charge in [0.1, 0.15) is 0 Å². The maximum absolute atomic E-state index is 13.4. The Hall–Kier alpha value is -3.51. The third-order valence-electron chi connectivity index (χ3n) is 6.57. The highest BCUT2D eigenvalue weighted by Gasteiger charge is 2.37. The lowest BCUT2D eigenvalue weighted by Gasteiger charge is -2.26. The van der Waals surface area contributed by atoms with E-state index in [0.29, 0.717) is 17.8 Å². The molecule has 3 heterocycles. The second-order valence-corrected chi connectivity index (χ2v) is 9.78. The summed E-state index contributed by atoms with van der Waals surface area (Å²) < 4.78 is 0. The molecule has 2 aliphatic heterocycles. The van der Waals surface area contributed by atoms with Crippen molar-refractivity contribution in [3.8, 4) is 0 Å². The lowest BCUT2D eigenvalue weighted by molar-refractivity contribution is -0.122. The van der Waals surface area contributed by atoms with E-state index in [1.54, 1.807) is 24.5 Å². The van der Waals surface area contributed by atoms with Crippen molar-refractivity contribution in [1.29, 1.82) is 0 Å². The van der Waals surface area contributed by atoms with E-state index < -0.39 is 0 Å². The Kier molecular flexibility index (Phi) is 11.5. The SMILES string of the molecule is CCC.CCCC.O=C(Nc1ccncc1)c1ccc(CN2C(=O)C3CCCN3Cc3ccccc32)cc1. The molecule has 1 atom stereocenters. The molecule has 6 nitrogen and oxygen atoms in total. The second kappa shape index (κ2) is 15.0. The van der Waals surface area contributed by atoms with Crippen molar-refractivity contribution in [3.05, 3.63) is 89.7 Å². The maximum atomic E-state index is 13.4. The number of aromatic nitrogens is 1. The van der Waals surface area contributed by atoms with E-state index in [1.165, 1.54) is 24.8 Å². The monoisotopic (exact) mass is 514 g/mol. The van der Waals surface area contributed by atoms with Gasteiger partial charge in [-0.05, 0) is 60.8 Å². The van der Waals surface area contributed by atoms with E-state index >= 15 is 0 Å². The van der Waals surface area contributed by atoms with Crippen molar-refractivity contribution in [3.63, 3.8) is 0 Å². The van der Waals surface area contributed by atoms with Crippen molar-refractivity contribution < 1.29 is 9.59 Å². The number of nitrogens with zero attached hydrogens (tertiary/aromatic N) is 3. The molecule has 0 aliphatic carbocycles. The fraction of sp³-hybridized carbons (Fsp3) is 0.406. The molecule has 1 aromatic heterocycles. The summed E-state index contributed by atoms with van der Waals surface area (Å²) in [4.78, 5) is 34.1. The van der Waals surface area contributed by atoms with E-state index in [0.717, 1.165) is 37.2 Å². The van der Waals surface area contributed by atoms with E-state index in [2.05, 4.69) is 49.0 Å². The smallest absolute Gasteiger partial charge is 0.255 e. The molecule has 3 aromatic rings. The van der Waals surface area contributed by atoms with Crippen molar-refractivity contribution in [2.45, 2.75) is 78.9 Å². The van der Waals surface area contributed by atoms with Gasteiger partial charge in [-0.3, -0.25) is 19.5 Å². The molecular weight excluding hydrogens is 472 g/mol. The fourth-order valence-electron chi connectivity index (χ4n) is 4.47. The van der Waals surface area contributed by atoms with Gasteiger partial charge in [-0.2, -0.15) is 0 Å². The summed E-state index contributed by atoms with van der Waals surface area (Å²) in [6, 6.07) is 19.1. The van der Waals surface area contributed by atoms with Crippen LogP contribution in [0.2, 0.25) is 0 Å². The summed E-state index contributed by atoms with van der Waals surface area (Å²) in [7, 11) is 0. The number of amides is 2. The van der Waals surface area contributed by atoms with Gasteiger partial charge >= 0.3 is 0 Å². The molecule has 1 unspecified atom stereocenters. The largest absolute Gasteiger partial charge is 0.322 e. The molecule has 0 bridgehead atoms. The van der Waals surface area contributed by atoms with Crippen molar-refractivity contribution >= 4 is 23.2 Å². The van der Waals surface area contributed by atoms with Gasteiger partial charge in [0.2, 0.25) is 5.91 Å². The molecule has 0 saturated carbocycles. The van der Waals surface area contributed by atoms with Gasteiger partial charge < -0.3 is 10.2 Å². The second-order valence-electron chi connectivity index (χ2n) is 9.78. The first-order chi connectivity index (χ1) is 18.5. The lowest BCUT2D eigenvalue weighted by Crippen LogP contribution is -2.42. The maximum Gasteiger partial charge on any atom is 0.255 e. The first kappa shape index (κ1) is 29.1. The highest BCUT2D eigenvalue weighted by Crippen LogP contribution is 2.33. The molecule has 6 heteroatoms. The summed E-state index contributed by atoms with van der Waals surface area (Å²) >= 11 is 0. The molecule has 0 spiro atoms. The van der Waals surface area contributed by atoms with Gasteiger partial charge in [0.05, 0.1) is 12.6 Å². The van der Waals surface area contributed by atoms with Crippen LogP contribution in [0.15, 0.2) is 73.1 Å². The van der Waals surface area contributed by atoms with Crippen molar-refractivity contribution in [1.82, 2.24) is 9.88 Å². The first-order valence-electron chi connectivity index (χ1n) is 14.0. The number of hydrogen-bond acceptors (Lipinski definition) is 4. The van der Waals surface area contributed by atoms with Crippen molar-refractivity contribution in [2.24, 2.45) is 0 Å². The number of anilines is 2. The number of unbranched alkanes of at least 4 members (excludes halogenated alkanes) is 1. The van der Waals surface area contributed by atoms with Gasteiger partial charge in [-0.1, -0.05) is 77.3 Å². The molecule has 1 saturated heterocycles. The minimum absolute atomic E-state index is 0.0437. The third-order valence-corrected chi connectivity index (χ3v) is 6.57. The number of fused-ring (bicyclic) bond motifs is 2. The minimum atomic E-state index is -0.171. The number of benzene rings is 2. The average Bonchev–Trinajstić information content (AvgIpc) is 3.37. The van der Waals surface area contributed by atoms with Crippen LogP contribution in [0.4, 0.5) is 11.4 Å². The lowest BCUT2D eigenvalue weighted by atomic mass is 10.1. The Bertz CT molecular complexity index is 1150. The topological polar surface area (TPSA) is 65.5 Å². The molecule has 5 rings (SSSR count). The molecule has 1 fully saturated rings. The highest BCUT2D eigenvalue weighted by molar-refractivity contribution is 6.04. The molecule has 2 aromatic carbocycles. The zero-order chi connectivity index (χ0) is 27.3. The van der Waals surface area contributed by atoms with E-state index in [4.69, 9.17) is 0 Å². The Morgan fingerprint density at radius 3 is 2.26 bits per heavy atom. The van der Waals surface area contributed by atoms with Crippen LogP contribution < -0.4 is 10.2 Å². The normalized spacial score (nSPS) is 16.2. The summed E-state index contributed by atoms with van der Waals surface area (Å²) in [5.41, 5.74) is 4.45. The average molecular weight is 515 g/mol. The van der Waals surface area contributed by atoms with Gasteiger partial charge in [0.15, 0.2) is 0 Å². The third kappa shape index (κ3) is 7.75. The Morgan fingerprint density at radius 1 is 0.947 bits per heavy atom. The Balaban J connectivity index is 0.000000515. The van der Waals surface area contributed by atoms with Crippen LogP contribution in [-0.2, 0) is 17.9 Å². The van der Waals surface area contributed by atoms with Crippen LogP contribution in [0.3, 0.4) is 0 Å². The predicted molar refractivity (Wildman–Crippen MR) is 156 cm³/mol. The van der Waals surface area contributed by atoms with Crippen molar-refractivity contribution in [2.75, 3.05) is 16.8 Å². The van der Waals surface area contributed by atoms with Gasteiger partial charge in [0, 0.05) is 35.9 Å². The number of carbonyl (C=O) groups is 2. The molecule has 0 radical (unpaired) electrons. The van der Waals surface area contributed by atoms with Gasteiger partial charge in [-0.15, -0.1) is 0 Å². The van der Waals surface area contributed by atoms with Crippen LogP contribution in [-0.4, -0.2) is 34.3 Å². The molecule has 2 aliphatic rings. The standard InChI is InChI=1S/C25H24N4O2.C4H10.C3H8/c30-24(27-21-11-13-26-14-12-21)19-9-7-18(8-10-19)16-29-22-5-2-1-4-20(22)17-28-15-3-6-23(28)25(29)31;1-3-4-2;1-3-2/h1-2,4-5,7-14,23H,3,6,15-17H2,(H,26,27,30);3-4H2,1-2H3;3H2,1-2H3. The number of rotatable bonds is 5. The van der Waals surface area contributed by atoms with Crippen LogP contribution >= 0.6 is 0 Å². The molecule has 202 valence electrons. The molecular formula is C32H42N4O2. The summed E-state index contributed by atoms with van der Waals surface area (Å²) in [6.45, 7) is 10.9. The molecule has 2 amide bonds. The zero-order valence-electron chi connectivity index (χ0n) is 23.3. The van der Waals surface area contributed by atoms with Crippen LogP contribution in [0.25, 0.3) is 0 Å². The van der Waals surface area contributed by atoms with Gasteiger partial charge in [0.25, 0.3) is 5.91 Å². The highest BCUT2D eigenvalue weighted by atomic mass is 16.2. The van der Waals surface area contributed by atoms with Crippen LogP contribution in [0.1, 0.15) is 81.3 Å². The Morgan fingerprint density at radius 2 is 1.61 bits per heavy atom. The predicted octanol–water partition coefficient (Wildman–Crippen LogP) is 7.07. The number of carbonyl (C=O) groups excluding carboxylic acids is 2. The molecule has 1 N–H and O–H groups in total. The van der Waals surface area contributed by atoms with E-state index in [9.17, 15) is 9.59 Å². The summed E-state index contributed by atoms with van der Waals surface area (Å²) in [5, 5.41) is 2.86. The number of nitrogens with one attached hydrogen (secondary N) is 1. The zero-order valence-corrected chi connectivity index (χ0v) is 23.3. The van der Waals surface area contributed by atoms with Gasteiger partial charge in [-0.25, -0.2) is 0 Å². The number of hydrogen-bond donors (Lipinski definition) is 1. The fourth-order valence-corrected chi connectivity index (χ4v) is 4.47. The number of para-hydroxylation sites is 1. The van der Waals surface area contributed by atoms with E-state index in [-0.39, 0.29) is 17.9 Å². The summed E-state index contributed by atoms with van der Waals surface area (Å²) in [5.74, 6) is -0.00232. The van der Waals surface area contributed by atoms with E-state index in [1.807, 2.05) is 47.4 Å². The Labute approximate surface area is 228 Å². The minimum Gasteiger partial charge on any atom is -0.322 e. The number of pyridine rings is 1. The first-order valence-corrected chi connectivity index (χ1v) is 14.0. The van der Waals surface area contributed by atoms with Crippen LogP contribution in [0.5, 0.6) is 0 Å². The molecule has 38 heavy (non-hydrogen) atoms. The quantitative estimate of drug-likeness (QED) is 0.396. The van der Waals surface area contributed by atoms with Crippen LogP contribution in [0, 0.1) is 0 Å².